The zero-order chi connectivity index (χ0) is 15.1. The lowest BCUT2D eigenvalue weighted by Crippen LogP contribution is -2.50. The molecule has 1 aliphatic heterocycles. The van der Waals surface area contributed by atoms with E-state index in [1.165, 1.54) is 6.42 Å². The second-order valence-corrected chi connectivity index (χ2v) is 6.01. The van der Waals surface area contributed by atoms with Gasteiger partial charge in [-0.15, -0.1) is 0 Å². The summed E-state index contributed by atoms with van der Waals surface area (Å²) in [6, 6.07) is 9.50. The molecule has 0 aliphatic carbocycles. The average molecular weight is 290 g/mol. The minimum absolute atomic E-state index is 0.0855. The van der Waals surface area contributed by atoms with Gasteiger partial charge in [0.05, 0.1) is 0 Å². The van der Waals surface area contributed by atoms with E-state index in [0.717, 1.165) is 44.4 Å². The molecule has 1 aromatic rings. The van der Waals surface area contributed by atoms with E-state index < -0.39 is 0 Å². The molecular weight excluding hydrogens is 264 g/mol. The molecule has 116 valence electrons. The molecule has 4 nitrogen and oxygen atoms in total. The molecule has 0 unspecified atom stereocenters. The van der Waals surface area contributed by atoms with E-state index in [-0.39, 0.29) is 12.5 Å². The van der Waals surface area contributed by atoms with E-state index in [9.17, 15) is 4.79 Å². The van der Waals surface area contributed by atoms with Crippen molar-refractivity contribution in [1.29, 1.82) is 0 Å². The van der Waals surface area contributed by atoms with Gasteiger partial charge in [-0.05, 0) is 31.0 Å². The van der Waals surface area contributed by atoms with E-state index >= 15 is 0 Å². The highest BCUT2D eigenvalue weighted by molar-refractivity contribution is 5.77. The number of benzene rings is 1. The van der Waals surface area contributed by atoms with Gasteiger partial charge in [0.2, 0.25) is 0 Å². The molecule has 0 bridgehead atoms. The van der Waals surface area contributed by atoms with Gasteiger partial charge in [-0.25, -0.2) is 0 Å². The van der Waals surface area contributed by atoms with Crippen LogP contribution in [-0.4, -0.2) is 55.0 Å². The van der Waals surface area contributed by atoms with Crippen molar-refractivity contribution in [2.45, 2.75) is 20.3 Å². The Morgan fingerprint density at radius 2 is 1.81 bits per heavy atom. The van der Waals surface area contributed by atoms with Gasteiger partial charge < -0.3 is 9.64 Å². The maximum Gasteiger partial charge on any atom is 0.260 e. The molecule has 1 fully saturated rings. The molecule has 4 heteroatoms. The fourth-order valence-corrected chi connectivity index (χ4v) is 2.41. The van der Waals surface area contributed by atoms with Gasteiger partial charge in [0.1, 0.15) is 5.75 Å². The van der Waals surface area contributed by atoms with Gasteiger partial charge in [-0.2, -0.15) is 0 Å². The molecule has 21 heavy (non-hydrogen) atoms. The van der Waals surface area contributed by atoms with E-state index in [1.54, 1.807) is 0 Å². The number of piperazine rings is 1. The first-order chi connectivity index (χ1) is 10.1. The first-order valence-corrected chi connectivity index (χ1v) is 7.83. The zero-order valence-corrected chi connectivity index (χ0v) is 13.1. The lowest BCUT2D eigenvalue weighted by atomic mass is 10.1. The number of rotatable bonds is 6. The summed E-state index contributed by atoms with van der Waals surface area (Å²) in [5.74, 6) is 1.58. The van der Waals surface area contributed by atoms with Gasteiger partial charge in [-0.1, -0.05) is 32.0 Å². The summed E-state index contributed by atoms with van der Waals surface area (Å²) in [6.07, 6.45) is 1.23. The molecular formula is C17H26N2O2. The molecule has 0 radical (unpaired) electrons. The Morgan fingerprint density at radius 3 is 2.43 bits per heavy atom. The Labute approximate surface area is 127 Å². The summed E-state index contributed by atoms with van der Waals surface area (Å²) < 4.78 is 5.52. The van der Waals surface area contributed by atoms with Crippen LogP contribution < -0.4 is 4.74 Å². The molecule has 0 aromatic heterocycles. The second kappa shape index (κ2) is 8.03. The molecule has 2 rings (SSSR count). The van der Waals surface area contributed by atoms with Crippen molar-refractivity contribution in [3.05, 3.63) is 30.3 Å². The molecule has 1 saturated heterocycles. The van der Waals surface area contributed by atoms with Crippen LogP contribution in [0.4, 0.5) is 0 Å². The van der Waals surface area contributed by atoms with Crippen molar-refractivity contribution >= 4 is 5.91 Å². The lowest BCUT2D eigenvalue weighted by molar-refractivity contribution is -0.135. The molecule has 1 heterocycles. The number of para-hydroxylation sites is 1. The van der Waals surface area contributed by atoms with E-state index in [4.69, 9.17) is 4.74 Å². The Bertz CT molecular complexity index is 426. The largest absolute Gasteiger partial charge is 0.484 e. The number of nitrogens with zero attached hydrogens (tertiary/aromatic N) is 2. The van der Waals surface area contributed by atoms with E-state index in [0.29, 0.717) is 0 Å². The summed E-state index contributed by atoms with van der Waals surface area (Å²) in [5, 5.41) is 0. The third-order valence-corrected chi connectivity index (χ3v) is 3.85. The summed E-state index contributed by atoms with van der Waals surface area (Å²) in [4.78, 5) is 16.5. The van der Waals surface area contributed by atoms with Crippen LogP contribution in [0.5, 0.6) is 5.75 Å². The van der Waals surface area contributed by atoms with Crippen molar-refractivity contribution in [2.24, 2.45) is 5.92 Å². The van der Waals surface area contributed by atoms with Crippen LogP contribution in [-0.2, 0) is 4.79 Å². The quantitative estimate of drug-likeness (QED) is 0.805. The molecule has 0 atom stereocenters. The monoisotopic (exact) mass is 290 g/mol. The third-order valence-electron chi connectivity index (χ3n) is 3.85. The molecule has 1 aromatic carbocycles. The number of hydrogen-bond acceptors (Lipinski definition) is 3. The Balaban J connectivity index is 1.68. The van der Waals surface area contributed by atoms with E-state index in [2.05, 4.69) is 18.7 Å². The Hall–Kier alpha value is -1.55. The van der Waals surface area contributed by atoms with Crippen molar-refractivity contribution in [2.75, 3.05) is 39.3 Å². The van der Waals surface area contributed by atoms with Gasteiger partial charge in [0.25, 0.3) is 5.91 Å². The number of ether oxygens (including phenoxy) is 1. The van der Waals surface area contributed by atoms with E-state index in [1.807, 2.05) is 35.2 Å². The fourth-order valence-electron chi connectivity index (χ4n) is 2.41. The van der Waals surface area contributed by atoms with Crippen LogP contribution in [0.3, 0.4) is 0 Å². The molecule has 0 saturated carbocycles. The molecule has 0 N–H and O–H groups in total. The lowest BCUT2D eigenvalue weighted by Gasteiger charge is -2.35. The molecule has 1 aliphatic rings. The van der Waals surface area contributed by atoms with Crippen LogP contribution in [0.1, 0.15) is 20.3 Å². The van der Waals surface area contributed by atoms with Crippen LogP contribution >= 0.6 is 0 Å². The van der Waals surface area contributed by atoms with Gasteiger partial charge in [0, 0.05) is 26.2 Å². The van der Waals surface area contributed by atoms with Crippen LogP contribution in [0.15, 0.2) is 30.3 Å². The average Bonchev–Trinajstić information content (AvgIpc) is 2.52. The normalized spacial score (nSPS) is 16.2. The summed E-state index contributed by atoms with van der Waals surface area (Å²) in [7, 11) is 0. The fraction of sp³-hybridized carbons (Fsp3) is 0.588. The second-order valence-electron chi connectivity index (χ2n) is 6.01. The SMILES string of the molecule is CC(C)CCN1CCN(C(=O)COc2ccccc2)CC1. The number of amides is 1. The predicted octanol–water partition coefficient (Wildman–Crippen LogP) is 2.26. The topological polar surface area (TPSA) is 32.8 Å². The van der Waals surface area contributed by atoms with Crippen LogP contribution in [0.25, 0.3) is 0 Å². The summed E-state index contributed by atoms with van der Waals surface area (Å²) >= 11 is 0. The van der Waals surface area contributed by atoms with Crippen molar-refractivity contribution in [1.82, 2.24) is 9.80 Å². The van der Waals surface area contributed by atoms with Gasteiger partial charge >= 0.3 is 0 Å². The first kappa shape index (κ1) is 15.8. The van der Waals surface area contributed by atoms with Crippen LogP contribution in [0.2, 0.25) is 0 Å². The maximum absolute atomic E-state index is 12.1. The number of carbonyl (C=O) groups is 1. The highest BCUT2D eigenvalue weighted by Crippen LogP contribution is 2.10. The summed E-state index contributed by atoms with van der Waals surface area (Å²) in [5.41, 5.74) is 0. The zero-order valence-electron chi connectivity index (χ0n) is 13.1. The van der Waals surface area contributed by atoms with Crippen LogP contribution in [0, 0.1) is 5.92 Å². The van der Waals surface area contributed by atoms with Gasteiger partial charge in [0.15, 0.2) is 6.61 Å². The van der Waals surface area contributed by atoms with Crippen molar-refractivity contribution < 1.29 is 9.53 Å². The standard InChI is InChI=1S/C17H26N2O2/c1-15(2)8-9-18-10-12-19(13-11-18)17(20)14-21-16-6-4-3-5-7-16/h3-7,15H,8-14H2,1-2H3. The predicted molar refractivity (Wildman–Crippen MR) is 84.4 cm³/mol. The summed E-state index contributed by atoms with van der Waals surface area (Å²) in [6.45, 7) is 9.36. The highest BCUT2D eigenvalue weighted by Gasteiger charge is 2.21. The van der Waals surface area contributed by atoms with Gasteiger partial charge in [-0.3, -0.25) is 9.69 Å². The molecule has 1 amide bonds. The minimum Gasteiger partial charge on any atom is -0.484 e. The number of hydrogen-bond donors (Lipinski definition) is 0. The maximum atomic E-state index is 12.1. The molecule has 0 spiro atoms. The third kappa shape index (κ3) is 5.38. The first-order valence-electron chi connectivity index (χ1n) is 7.83. The Kier molecular flexibility index (Phi) is 6.05. The Morgan fingerprint density at radius 1 is 1.14 bits per heavy atom. The van der Waals surface area contributed by atoms with Crippen molar-refractivity contribution in [3.63, 3.8) is 0 Å². The highest BCUT2D eigenvalue weighted by atomic mass is 16.5. The minimum atomic E-state index is 0.0855. The smallest absolute Gasteiger partial charge is 0.260 e. The number of carbonyl (C=O) groups excluding carboxylic acids is 1. The van der Waals surface area contributed by atoms with Crippen molar-refractivity contribution in [3.8, 4) is 5.75 Å².